The highest BCUT2D eigenvalue weighted by atomic mass is 32.2. The average molecular weight is 401 g/mol. The fourth-order valence-electron chi connectivity index (χ4n) is 3.59. The first kappa shape index (κ1) is 17.7. The smallest absolute Gasteiger partial charge is 0.323 e. The van der Waals surface area contributed by atoms with Gasteiger partial charge >= 0.3 is 6.03 Å². The number of H-pyrrole nitrogens is 1. The summed E-state index contributed by atoms with van der Waals surface area (Å²) in [5, 5.41) is 6.96. The monoisotopic (exact) mass is 400 g/mol. The molecule has 0 atom stereocenters. The number of nitrogens with one attached hydrogen (secondary N) is 3. The highest BCUT2D eigenvalue weighted by molar-refractivity contribution is 7.99. The molecule has 0 unspecified atom stereocenters. The standard InChI is InChI=1S/C23H20N4OS/c28-23(25-17-7-6-16-10-11-24-20(16)14-17)26-18-8-9-21-22(15-18)29-13-12-27(21)19-4-2-1-3-5-19/h1-11,14-15,24H,12-13H2,(H2,25,26,28). The van der Waals surface area contributed by atoms with Crippen molar-refractivity contribution in [3.63, 3.8) is 0 Å². The number of para-hydroxylation sites is 1. The van der Waals surface area contributed by atoms with Crippen LogP contribution in [0.3, 0.4) is 0 Å². The predicted octanol–water partition coefficient (Wildman–Crippen LogP) is 6.06. The summed E-state index contributed by atoms with van der Waals surface area (Å²) in [5.74, 6) is 1.01. The molecule has 144 valence electrons. The molecule has 4 aromatic rings. The number of aromatic amines is 1. The molecule has 5 nitrogen and oxygen atoms in total. The molecule has 3 N–H and O–H groups in total. The molecule has 0 bridgehead atoms. The molecule has 0 spiro atoms. The normalized spacial score (nSPS) is 13.2. The first-order valence-corrected chi connectivity index (χ1v) is 10.5. The summed E-state index contributed by atoms with van der Waals surface area (Å²) in [6.07, 6.45) is 1.89. The Bertz CT molecular complexity index is 1170. The van der Waals surface area contributed by atoms with E-state index in [1.165, 1.54) is 16.3 Å². The largest absolute Gasteiger partial charge is 0.361 e. The van der Waals surface area contributed by atoms with Crippen LogP contribution in [-0.2, 0) is 0 Å². The number of nitrogens with zero attached hydrogens (tertiary/aromatic N) is 1. The molecule has 1 aromatic heterocycles. The minimum absolute atomic E-state index is 0.253. The Morgan fingerprint density at radius 3 is 2.59 bits per heavy atom. The van der Waals surface area contributed by atoms with E-state index in [0.29, 0.717) is 0 Å². The van der Waals surface area contributed by atoms with Crippen LogP contribution in [-0.4, -0.2) is 23.3 Å². The van der Waals surface area contributed by atoms with Crippen LogP contribution < -0.4 is 15.5 Å². The Balaban J connectivity index is 1.32. The molecule has 0 saturated heterocycles. The van der Waals surface area contributed by atoms with Crippen molar-refractivity contribution in [2.45, 2.75) is 4.90 Å². The Morgan fingerprint density at radius 2 is 1.72 bits per heavy atom. The van der Waals surface area contributed by atoms with E-state index < -0.39 is 0 Å². The van der Waals surface area contributed by atoms with Gasteiger partial charge in [-0.1, -0.05) is 24.3 Å². The molecule has 3 aromatic carbocycles. The number of carbonyl (C=O) groups excluding carboxylic acids is 1. The van der Waals surface area contributed by atoms with Gasteiger partial charge in [0, 0.05) is 46.0 Å². The maximum Gasteiger partial charge on any atom is 0.323 e. The van der Waals surface area contributed by atoms with Gasteiger partial charge < -0.3 is 20.5 Å². The van der Waals surface area contributed by atoms with Crippen LogP contribution in [0.15, 0.2) is 83.9 Å². The quantitative estimate of drug-likeness (QED) is 0.392. The first-order chi connectivity index (χ1) is 14.3. The summed E-state index contributed by atoms with van der Waals surface area (Å²) in [5.41, 5.74) is 4.89. The van der Waals surface area contributed by atoms with E-state index in [1.807, 2.05) is 60.4 Å². The number of carbonyl (C=O) groups is 1. The van der Waals surface area contributed by atoms with Crippen LogP contribution in [0.25, 0.3) is 10.9 Å². The predicted molar refractivity (Wildman–Crippen MR) is 122 cm³/mol. The van der Waals surface area contributed by atoms with E-state index in [2.05, 4.69) is 50.8 Å². The molecular weight excluding hydrogens is 380 g/mol. The fraction of sp³-hybridized carbons (Fsp3) is 0.0870. The molecule has 29 heavy (non-hydrogen) atoms. The van der Waals surface area contributed by atoms with E-state index in [1.54, 1.807) is 0 Å². The third-order valence-corrected chi connectivity index (χ3v) is 5.99. The number of anilines is 4. The fourth-order valence-corrected chi connectivity index (χ4v) is 4.62. The van der Waals surface area contributed by atoms with Crippen molar-refractivity contribution in [1.82, 2.24) is 4.98 Å². The number of amides is 2. The molecule has 1 aliphatic heterocycles. The summed E-state index contributed by atoms with van der Waals surface area (Å²) < 4.78 is 0. The molecule has 0 radical (unpaired) electrons. The van der Waals surface area contributed by atoms with E-state index in [9.17, 15) is 4.79 Å². The maximum absolute atomic E-state index is 12.5. The lowest BCUT2D eigenvalue weighted by Crippen LogP contribution is -2.24. The molecule has 2 amide bonds. The van der Waals surface area contributed by atoms with Crippen LogP contribution in [0.4, 0.5) is 27.5 Å². The second-order valence-corrected chi connectivity index (χ2v) is 8.01. The number of urea groups is 1. The van der Waals surface area contributed by atoms with Gasteiger partial charge in [0.15, 0.2) is 0 Å². The number of hydrogen-bond donors (Lipinski definition) is 3. The zero-order valence-electron chi connectivity index (χ0n) is 15.7. The number of hydrogen-bond acceptors (Lipinski definition) is 3. The van der Waals surface area contributed by atoms with Crippen LogP contribution in [0, 0.1) is 0 Å². The zero-order valence-corrected chi connectivity index (χ0v) is 16.5. The third kappa shape index (κ3) is 3.67. The first-order valence-electron chi connectivity index (χ1n) is 9.51. The Kier molecular flexibility index (Phi) is 4.62. The van der Waals surface area contributed by atoms with Gasteiger partial charge in [-0.05, 0) is 53.9 Å². The van der Waals surface area contributed by atoms with Gasteiger partial charge in [0.05, 0.1) is 5.69 Å². The third-order valence-electron chi connectivity index (χ3n) is 4.96. The van der Waals surface area contributed by atoms with Gasteiger partial charge in [0.1, 0.15) is 0 Å². The summed E-state index contributed by atoms with van der Waals surface area (Å²) >= 11 is 1.82. The van der Waals surface area contributed by atoms with E-state index >= 15 is 0 Å². The van der Waals surface area contributed by atoms with Crippen LogP contribution in [0.1, 0.15) is 0 Å². The van der Waals surface area contributed by atoms with Crippen LogP contribution in [0.5, 0.6) is 0 Å². The van der Waals surface area contributed by atoms with Gasteiger partial charge in [0.2, 0.25) is 0 Å². The number of thioether (sulfide) groups is 1. The van der Waals surface area contributed by atoms with Crippen LogP contribution >= 0.6 is 11.8 Å². The molecular formula is C23H20N4OS. The topological polar surface area (TPSA) is 60.2 Å². The van der Waals surface area contributed by atoms with Gasteiger partial charge in [-0.15, -0.1) is 11.8 Å². The van der Waals surface area contributed by atoms with Crippen molar-refractivity contribution in [1.29, 1.82) is 0 Å². The number of fused-ring (bicyclic) bond motifs is 2. The highest BCUT2D eigenvalue weighted by Gasteiger charge is 2.19. The van der Waals surface area contributed by atoms with Gasteiger partial charge in [-0.25, -0.2) is 4.79 Å². The van der Waals surface area contributed by atoms with Crippen LogP contribution in [0.2, 0.25) is 0 Å². The summed E-state index contributed by atoms with van der Waals surface area (Å²) in [6.45, 7) is 0.968. The van der Waals surface area contributed by atoms with E-state index in [4.69, 9.17) is 0 Å². The summed E-state index contributed by atoms with van der Waals surface area (Å²) in [7, 11) is 0. The van der Waals surface area contributed by atoms with E-state index in [-0.39, 0.29) is 6.03 Å². The second kappa shape index (κ2) is 7.56. The van der Waals surface area contributed by atoms with E-state index in [0.717, 1.165) is 34.6 Å². The Labute approximate surface area is 173 Å². The minimum atomic E-state index is -0.253. The maximum atomic E-state index is 12.5. The van der Waals surface area contributed by atoms with Crippen molar-refractivity contribution in [3.8, 4) is 0 Å². The lowest BCUT2D eigenvalue weighted by Gasteiger charge is -2.31. The van der Waals surface area contributed by atoms with Crippen molar-refractivity contribution in [2.24, 2.45) is 0 Å². The molecule has 5 rings (SSSR count). The highest BCUT2D eigenvalue weighted by Crippen LogP contribution is 2.40. The van der Waals surface area contributed by atoms with Crippen molar-refractivity contribution in [2.75, 3.05) is 27.8 Å². The van der Waals surface area contributed by atoms with Gasteiger partial charge in [-0.2, -0.15) is 0 Å². The molecule has 6 heteroatoms. The van der Waals surface area contributed by atoms with Gasteiger partial charge in [0.25, 0.3) is 0 Å². The van der Waals surface area contributed by atoms with Gasteiger partial charge in [-0.3, -0.25) is 0 Å². The lowest BCUT2D eigenvalue weighted by atomic mass is 10.2. The second-order valence-electron chi connectivity index (χ2n) is 6.88. The molecule has 0 aliphatic carbocycles. The number of aromatic nitrogens is 1. The van der Waals surface area contributed by atoms with Crippen molar-refractivity contribution >= 4 is 51.4 Å². The molecule has 0 fully saturated rings. The minimum Gasteiger partial charge on any atom is -0.361 e. The lowest BCUT2D eigenvalue weighted by molar-refractivity contribution is 0.262. The SMILES string of the molecule is O=C(Nc1ccc2c(c1)SCCN2c1ccccc1)Nc1ccc2cc[nH]c2c1. The molecule has 1 aliphatic rings. The summed E-state index contributed by atoms with van der Waals surface area (Å²) in [6, 6.07) is 24.0. The zero-order chi connectivity index (χ0) is 19.6. The average Bonchev–Trinajstić information content (AvgIpc) is 3.21. The summed E-state index contributed by atoms with van der Waals surface area (Å²) in [4.78, 5) is 19.1. The van der Waals surface area contributed by atoms with Crippen molar-refractivity contribution in [3.05, 3.63) is 79.0 Å². The Morgan fingerprint density at radius 1 is 0.931 bits per heavy atom. The number of benzene rings is 3. The molecule has 2 heterocycles. The molecule has 0 saturated carbocycles. The Hall–Kier alpha value is -3.38. The van der Waals surface area contributed by atoms with Crippen molar-refractivity contribution < 1.29 is 4.79 Å². The number of rotatable bonds is 3.